The van der Waals surface area contributed by atoms with E-state index in [1.807, 2.05) is 66.7 Å². The zero-order valence-electron chi connectivity index (χ0n) is 19.2. The summed E-state index contributed by atoms with van der Waals surface area (Å²) in [5.74, 6) is 1.03. The van der Waals surface area contributed by atoms with Crippen molar-refractivity contribution in [3.05, 3.63) is 114 Å². The Morgan fingerprint density at radius 2 is 1.41 bits per heavy atom. The normalized spacial score (nSPS) is 10.4. The number of aromatic nitrogens is 1. The standard InChI is InChI=1S/C28H26N2O4/c1-32-25-17-23(18-26(33-2)27(25)34-19-22-6-4-3-5-7-22)28(31)30-24-10-8-20(9-11-24)16-21-12-14-29-15-13-21/h3-15,17-18H,16,19H2,1-2H3,(H,30,31). The summed E-state index contributed by atoms with van der Waals surface area (Å²) in [5, 5.41) is 2.93. The fourth-order valence-electron chi connectivity index (χ4n) is 3.53. The van der Waals surface area contributed by atoms with Crippen molar-refractivity contribution in [3.8, 4) is 17.2 Å². The van der Waals surface area contributed by atoms with Crippen LogP contribution in [0.3, 0.4) is 0 Å². The van der Waals surface area contributed by atoms with Gasteiger partial charge in [0.25, 0.3) is 5.91 Å². The van der Waals surface area contributed by atoms with E-state index >= 15 is 0 Å². The second-order valence-corrected chi connectivity index (χ2v) is 7.67. The van der Waals surface area contributed by atoms with Gasteiger partial charge in [-0.05, 0) is 59.5 Å². The predicted molar refractivity (Wildman–Crippen MR) is 132 cm³/mol. The molecule has 1 N–H and O–H groups in total. The Balaban J connectivity index is 1.47. The van der Waals surface area contributed by atoms with E-state index in [2.05, 4.69) is 10.3 Å². The van der Waals surface area contributed by atoms with Gasteiger partial charge in [-0.15, -0.1) is 0 Å². The van der Waals surface area contributed by atoms with Gasteiger partial charge in [0.1, 0.15) is 6.61 Å². The zero-order valence-corrected chi connectivity index (χ0v) is 19.2. The Morgan fingerprint density at radius 3 is 2.03 bits per heavy atom. The van der Waals surface area contributed by atoms with Crippen molar-refractivity contribution >= 4 is 11.6 Å². The van der Waals surface area contributed by atoms with Gasteiger partial charge in [0.2, 0.25) is 5.75 Å². The van der Waals surface area contributed by atoms with Crippen molar-refractivity contribution in [2.45, 2.75) is 13.0 Å². The minimum absolute atomic E-state index is 0.270. The summed E-state index contributed by atoms with van der Waals surface area (Å²) in [5.41, 5.74) is 4.45. The number of carbonyl (C=O) groups is 1. The number of nitrogens with one attached hydrogen (secondary N) is 1. The number of nitrogens with zero attached hydrogens (tertiary/aromatic N) is 1. The summed E-state index contributed by atoms with van der Waals surface area (Å²) in [6.45, 7) is 0.352. The van der Waals surface area contributed by atoms with Gasteiger partial charge in [-0.3, -0.25) is 9.78 Å². The van der Waals surface area contributed by atoms with Crippen molar-refractivity contribution in [2.75, 3.05) is 19.5 Å². The maximum Gasteiger partial charge on any atom is 0.255 e. The fraction of sp³-hybridized carbons (Fsp3) is 0.143. The van der Waals surface area contributed by atoms with Crippen LogP contribution in [0.1, 0.15) is 27.0 Å². The molecule has 1 amide bonds. The van der Waals surface area contributed by atoms with Crippen LogP contribution < -0.4 is 19.5 Å². The van der Waals surface area contributed by atoms with Gasteiger partial charge in [-0.25, -0.2) is 0 Å². The topological polar surface area (TPSA) is 69.7 Å². The fourth-order valence-corrected chi connectivity index (χ4v) is 3.53. The van der Waals surface area contributed by atoms with Crippen LogP contribution in [0.25, 0.3) is 0 Å². The van der Waals surface area contributed by atoms with Gasteiger partial charge in [0, 0.05) is 23.6 Å². The van der Waals surface area contributed by atoms with E-state index in [1.54, 1.807) is 24.5 Å². The van der Waals surface area contributed by atoms with Crippen molar-refractivity contribution < 1.29 is 19.0 Å². The van der Waals surface area contributed by atoms with Crippen LogP contribution in [-0.2, 0) is 13.0 Å². The monoisotopic (exact) mass is 454 g/mol. The Kier molecular flexibility index (Phi) is 7.40. The second-order valence-electron chi connectivity index (χ2n) is 7.67. The molecule has 4 aromatic rings. The van der Waals surface area contributed by atoms with Crippen LogP contribution in [0.4, 0.5) is 5.69 Å². The van der Waals surface area contributed by atoms with Gasteiger partial charge >= 0.3 is 0 Å². The molecule has 0 bridgehead atoms. The van der Waals surface area contributed by atoms with Crippen molar-refractivity contribution in [3.63, 3.8) is 0 Å². The first-order valence-corrected chi connectivity index (χ1v) is 10.9. The van der Waals surface area contributed by atoms with Gasteiger partial charge in [0.15, 0.2) is 11.5 Å². The van der Waals surface area contributed by atoms with Gasteiger partial charge < -0.3 is 19.5 Å². The smallest absolute Gasteiger partial charge is 0.255 e. The number of hydrogen-bond donors (Lipinski definition) is 1. The van der Waals surface area contributed by atoms with E-state index in [9.17, 15) is 4.79 Å². The van der Waals surface area contributed by atoms with Crippen LogP contribution >= 0.6 is 0 Å². The molecule has 0 unspecified atom stereocenters. The first-order chi connectivity index (χ1) is 16.7. The molecule has 0 aliphatic rings. The third-order valence-corrected chi connectivity index (χ3v) is 5.32. The highest BCUT2D eigenvalue weighted by Crippen LogP contribution is 2.39. The third-order valence-electron chi connectivity index (χ3n) is 5.32. The average molecular weight is 455 g/mol. The van der Waals surface area contributed by atoms with Crippen LogP contribution in [0.2, 0.25) is 0 Å². The van der Waals surface area contributed by atoms with Crippen LogP contribution in [0, 0.1) is 0 Å². The molecule has 4 rings (SSSR count). The number of benzene rings is 3. The zero-order chi connectivity index (χ0) is 23.8. The molecular weight excluding hydrogens is 428 g/mol. The second kappa shape index (κ2) is 11.0. The number of ether oxygens (including phenoxy) is 3. The van der Waals surface area contributed by atoms with Crippen molar-refractivity contribution in [2.24, 2.45) is 0 Å². The SMILES string of the molecule is COc1cc(C(=O)Nc2ccc(Cc3ccncc3)cc2)cc(OC)c1OCc1ccccc1. The van der Waals surface area contributed by atoms with E-state index in [0.717, 1.165) is 17.5 Å². The number of amides is 1. The molecule has 1 aromatic heterocycles. The number of pyridine rings is 1. The molecule has 34 heavy (non-hydrogen) atoms. The molecule has 0 aliphatic heterocycles. The number of methoxy groups -OCH3 is 2. The molecule has 0 fully saturated rings. The highest BCUT2D eigenvalue weighted by Gasteiger charge is 2.18. The lowest BCUT2D eigenvalue weighted by atomic mass is 10.1. The average Bonchev–Trinajstić information content (AvgIpc) is 2.89. The van der Waals surface area contributed by atoms with Crippen molar-refractivity contribution in [1.82, 2.24) is 4.98 Å². The summed E-state index contributed by atoms with van der Waals surface area (Å²) < 4.78 is 17.0. The first-order valence-electron chi connectivity index (χ1n) is 10.9. The molecule has 0 saturated heterocycles. The predicted octanol–water partition coefficient (Wildman–Crippen LogP) is 5.52. The Labute approximate surface area is 199 Å². The molecule has 3 aromatic carbocycles. The Bertz CT molecular complexity index is 1200. The maximum absolute atomic E-state index is 12.9. The Hall–Kier alpha value is -4.32. The first kappa shape index (κ1) is 22.9. The molecule has 1 heterocycles. The van der Waals surface area contributed by atoms with E-state index in [0.29, 0.717) is 35.1 Å². The van der Waals surface area contributed by atoms with Crippen LogP contribution in [0.5, 0.6) is 17.2 Å². The van der Waals surface area contributed by atoms with Crippen LogP contribution in [-0.4, -0.2) is 25.1 Å². The molecule has 0 radical (unpaired) electrons. The molecule has 172 valence electrons. The van der Waals surface area contributed by atoms with Gasteiger partial charge in [-0.2, -0.15) is 0 Å². The van der Waals surface area contributed by atoms with Crippen LogP contribution in [0.15, 0.2) is 91.3 Å². The van der Waals surface area contributed by atoms with E-state index < -0.39 is 0 Å². The van der Waals surface area contributed by atoms with E-state index in [4.69, 9.17) is 14.2 Å². The molecule has 0 spiro atoms. The van der Waals surface area contributed by atoms with E-state index in [-0.39, 0.29) is 5.91 Å². The summed E-state index contributed by atoms with van der Waals surface area (Å²) in [7, 11) is 3.07. The summed E-state index contributed by atoms with van der Waals surface area (Å²) >= 11 is 0. The summed E-state index contributed by atoms with van der Waals surface area (Å²) in [4.78, 5) is 17.0. The minimum atomic E-state index is -0.270. The van der Waals surface area contributed by atoms with Gasteiger partial charge in [0.05, 0.1) is 14.2 Å². The molecule has 6 heteroatoms. The van der Waals surface area contributed by atoms with Crippen molar-refractivity contribution in [1.29, 1.82) is 0 Å². The highest BCUT2D eigenvalue weighted by molar-refractivity contribution is 6.05. The molecule has 0 saturated carbocycles. The molecule has 0 aliphatic carbocycles. The number of hydrogen-bond acceptors (Lipinski definition) is 5. The largest absolute Gasteiger partial charge is 0.493 e. The molecular formula is C28H26N2O4. The lowest BCUT2D eigenvalue weighted by molar-refractivity contribution is 0.102. The lowest BCUT2D eigenvalue weighted by Crippen LogP contribution is -2.13. The number of rotatable bonds is 9. The quantitative estimate of drug-likeness (QED) is 0.361. The number of carbonyl (C=O) groups excluding carboxylic acids is 1. The van der Waals surface area contributed by atoms with Gasteiger partial charge in [-0.1, -0.05) is 42.5 Å². The molecule has 0 atom stereocenters. The summed E-state index contributed by atoms with van der Waals surface area (Å²) in [6.07, 6.45) is 4.37. The number of anilines is 1. The lowest BCUT2D eigenvalue weighted by Gasteiger charge is -2.16. The maximum atomic E-state index is 12.9. The minimum Gasteiger partial charge on any atom is -0.493 e. The third kappa shape index (κ3) is 5.72. The van der Waals surface area contributed by atoms with E-state index in [1.165, 1.54) is 19.8 Å². The highest BCUT2D eigenvalue weighted by atomic mass is 16.5. The molecule has 6 nitrogen and oxygen atoms in total. The Morgan fingerprint density at radius 1 is 0.794 bits per heavy atom. The summed E-state index contributed by atoms with van der Waals surface area (Å²) in [6, 6.07) is 24.9.